The number of fused-ring (bicyclic) bond motifs is 1. The number of nitrogen functional groups attached to an aromatic ring is 1. The van der Waals surface area contributed by atoms with Gasteiger partial charge in [0.05, 0.1) is 23.4 Å². The van der Waals surface area contributed by atoms with Crippen LogP contribution in [0.15, 0.2) is 27.8 Å². The van der Waals surface area contributed by atoms with Crippen LogP contribution in [0.1, 0.15) is 13.3 Å². The van der Waals surface area contributed by atoms with Crippen molar-refractivity contribution in [1.29, 1.82) is 5.26 Å². The van der Waals surface area contributed by atoms with Gasteiger partial charge in [-0.25, -0.2) is 4.79 Å². The lowest BCUT2D eigenvalue weighted by molar-refractivity contribution is 0.590. The van der Waals surface area contributed by atoms with Crippen molar-refractivity contribution in [2.24, 2.45) is 0 Å². The molecule has 0 aliphatic rings. The van der Waals surface area contributed by atoms with Gasteiger partial charge in [-0.05, 0) is 25.1 Å². The van der Waals surface area contributed by atoms with E-state index in [2.05, 4.69) is 0 Å². The van der Waals surface area contributed by atoms with Crippen LogP contribution >= 0.6 is 0 Å². The van der Waals surface area contributed by atoms with Gasteiger partial charge in [-0.3, -0.25) is 13.9 Å². The Bertz CT molecular complexity index is 780. The number of aryl methyl sites for hydroxylation is 1. The molecule has 0 atom stereocenters. The van der Waals surface area contributed by atoms with Crippen molar-refractivity contribution in [2.75, 3.05) is 5.73 Å². The lowest BCUT2D eigenvalue weighted by Crippen LogP contribution is -2.39. The number of nitriles is 1. The van der Waals surface area contributed by atoms with Crippen molar-refractivity contribution in [1.82, 2.24) is 9.13 Å². The van der Waals surface area contributed by atoms with Gasteiger partial charge in [0.25, 0.3) is 5.56 Å². The summed E-state index contributed by atoms with van der Waals surface area (Å²) in [5.41, 5.74) is 5.94. The first-order chi connectivity index (χ1) is 9.10. The zero-order valence-electron chi connectivity index (χ0n) is 10.6. The summed E-state index contributed by atoms with van der Waals surface area (Å²) >= 11 is 0. The molecule has 2 aromatic rings. The molecule has 2 rings (SSSR count). The summed E-state index contributed by atoms with van der Waals surface area (Å²) in [5, 5.41) is 9.00. The molecule has 6 nitrogen and oxygen atoms in total. The van der Waals surface area contributed by atoms with Crippen molar-refractivity contribution in [3.8, 4) is 6.07 Å². The van der Waals surface area contributed by atoms with Gasteiger partial charge in [0, 0.05) is 18.8 Å². The molecule has 0 amide bonds. The molecule has 2 N–H and O–H groups in total. The normalized spacial score (nSPS) is 10.5. The summed E-state index contributed by atoms with van der Waals surface area (Å²) < 4.78 is 2.60. The van der Waals surface area contributed by atoms with E-state index in [0.29, 0.717) is 23.1 Å². The maximum atomic E-state index is 12.3. The number of benzene rings is 1. The predicted octanol–water partition coefficient (Wildman–Crippen LogP) is 0.679. The number of hydrogen-bond donors (Lipinski definition) is 1. The summed E-state index contributed by atoms with van der Waals surface area (Å²) in [6.07, 6.45) is 0.118. The highest BCUT2D eigenvalue weighted by atomic mass is 16.2. The molecule has 6 heteroatoms. The van der Waals surface area contributed by atoms with E-state index < -0.39 is 5.56 Å². The van der Waals surface area contributed by atoms with E-state index in [9.17, 15) is 9.59 Å². The lowest BCUT2D eigenvalue weighted by Gasteiger charge is -2.12. The molecule has 0 spiro atoms. The molecule has 0 unspecified atom stereocenters. The van der Waals surface area contributed by atoms with Gasteiger partial charge in [-0.1, -0.05) is 0 Å². The zero-order valence-corrected chi connectivity index (χ0v) is 10.6. The van der Waals surface area contributed by atoms with E-state index >= 15 is 0 Å². The highest BCUT2D eigenvalue weighted by molar-refractivity contribution is 5.81. The smallest absolute Gasteiger partial charge is 0.331 e. The lowest BCUT2D eigenvalue weighted by atomic mass is 10.2. The van der Waals surface area contributed by atoms with Crippen molar-refractivity contribution >= 4 is 16.6 Å². The average Bonchev–Trinajstić information content (AvgIpc) is 2.40. The maximum absolute atomic E-state index is 12.3. The Kier molecular flexibility index (Phi) is 3.38. The molecule has 1 aromatic carbocycles. The number of aromatic nitrogens is 2. The molecule has 0 bridgehead atoms. The van der Waals surface area contributed by atoms with Crippen LogP contribution in [0.2, 0.25) is 0 Å². The summed E-state index contributed by atoms with van der Waals surface area (Å²) in [5.74, 6) is 0. The van der Waals surface area contributed by atoms with Crippen LogP contribution in [-0.2, 0) is 13.1 Å². The molecule has 0 saturated heterocycles. The fourth-order valence-electron chi connectivity index (χ4n) is 2.11. The predicted molar refractivity (Wildman–Crippen MR) is 72.8 cm³/mol. The summed E-state index contributed by atoms with van der Waals surface area (Å²) in [4.78, 5) is 24.5. The second-order valence-corrected chi connectivity index (χ2v) is 4.17. The highest BCUT2D eigenvalue weighted by Crippen LogP contribution is 2.12. The Hall–Kier alpha value is -2.55. The Morgan fingerprint density at radius 3 is 2.68 bits per heavy atom. The third-order valence-electron chi connectivity index (χ3n) is 3.01. The van der Waals surface area contributed by atoms with Gasteiger partial charge >= 0.3 is 5.69 Å². The molecular formula is C13H14N4O2. The monoisotopic (exact) mass is 258 g/mol. The van der Waals surface area contributed by atoms with Crippen LogP contribution in [0, 0.1) is 11.3 Å². The minimum atomic E-state index is -0.396. The van der Waals surface area contributed by atoms with E-state index in [4.69, 9.17) is 11.0 Å². The Morgan fingerprint density at radius 1 is 1.32 bits per heavy atom. The van der Waals surface area contributed by atoms with Crippen LogP contribution in [-0.4, -0.2) is 9.13 Å². The van der Waals surface area contributed by atoms with Crippen LogP contribution in [0.25, 0.3) is 10.9 Å². The third kappa shape index (κ3) is 2.10. The SMILES string of the molecule is CCn1c(=O)n(CCC#N)c(=O)c2cc(N)ccc21. The summed E-state index contributed by atoms with van der Waals surface area (Å²) in [6, 6.07) is 6.83. The van der Waals surface area contributed by atoms with Gasteiger partial charge in [-0.2, -0.15) is 5.26 Å². The summed E-state index contributed by atoms with van der Waals surface area (Å²) in [6.45, 7) is 2.38. The summed E-state index contributed by atoms with van der Waals surface area (Å²) in [7, 11) is 0. The molecule has 0 saturated carbocycles. The quantitative estimate of drug-likeness (QED) is 0.819. The molecule has 0 aliphatic carbocycles. The topological polar surface area (TPSA) is 93.8 Å². The molecule has 19 heavy (non-hydrogen) atoms. The molecule has 1 heterocycles. The number of rotatable bonds is 3. The first kappa shape index (κ1) is 12.9. The Balaban J connectivity index is 2.88. The largest absolute Gasteiger partial charge is 0.399 e. The maximum Gasteiger partial charge on any atom is 0.331 e. The van der Waals surface area contributed by atoms with E-state index in [0.717, 1.165) is 4.57 Å². The average molecular weight is 258 g/mol. The number of nitrogens with two attached hydrogens (primary N) is 1. The van der Waals surface area contributed by atoms with Crippen LogP contribution in [0.5, 0.6) is 0 Å². The number of hydrogen-bond acceptors (Lipinski definition) is 4. The van der Waals surface area contributed by atoms with Crippen molar-refractivity contribution in [3.63, 3.8) is 0 Å². The van der Waals surface area contributed by atoms with Gasteiger partial charge in [0.15, 0.2) is 0 Å². The molecule has 0 fully saturated rings. The van der Waals surface area contributed by atoms with E-state index in [1.807, 2.05) is 13.0 Å². The number of nitrogens with zero attached hydrogens (tertiary/aromatic N) is 3. The molecule has 1 aromatic heterocycles. The van der Waals surface area contributed by atoms with Crippen molar-refractivity contribution < 1.29 is 0 Å². The van der Waals surface area contributed by atoms with Gasteiger partial charge in [0.2, 0.25) is 0 Å². The fraction of sp³-hybridized carbons (Fsp3) is 0.308. The van der Waals surface area contributed by atoms with Crippen LogP contribution in [0.3, 0.4) is 0 Å². The number of anilines is 1. The first-order valence-electron chi connectivity index (χ1n) is 6.00. The highest BCUT2D eigenvalue weighted by Gasteiger charge is 2.11. The first-order valence-corrected chi connectivity index (χ1v) is 6.00. The van der Waals surface area contributed by atoms with E-state index in [1.165, 1.54) is 4.57 Å². The third-order valence-corrected chi connectivity index (χ3v) is 3.01. The van der Waals surface area contributed by atoms with Crippen LogP contribution in [0.4, 0.5) is 5.69 Å². The van der Waals surface area contributed by atoms with E-state index in [1.54, 1.807) is 18.2 Å². The Labute approximate surface area is 109 Å². The molecule has 0 radical (unpaired) electrons. The van der Waals surface area contributed by atoms with Gasteiger partial charge < -0.3 is 5.73 Å². The van der Waals surface area contributed by atoms with Crippen molar-refractivity contribution in [3.05, 3.63) is 39.0 Å². The molecule has 0 aliphatic heterocycles. The zero-order chi connectivity index (χ0) is 14.0. The van der Waals surface area contributed by atoms with Crippen LogP contribution < -0.4 is 17.0 Å². The molecule has 98 valence electrons. The Morgan fingerprint density at radius 2 is 2.05 bits per heavy atom. The minimum Gasteiger partial charge on any atom is -0.399 e. The molecular weight excluding hydrogens is 244 g/mol. The second kappa shape index (κ2) is 4.98. The van der Waals surface area contributed by atoms with E-state index in [-0.39, 0.29) is 18.7 Å². The minimum absolute atomic E-state index is 0.0961. The van der Waals surface area contributed by atoms with Gasteiger partial charge in [-0.15, -0.1) is 0 Å². The van der Waals surface area contributed by atoms with Crippen molar-refractivity contribution in [2.45, 2.75) is 26.4 Å². The van der Waals surface area contributed by atoms with Gasteiger partial charge in [0.1, 0.15) is 0 Å². The fourth-order valence-corrected chi connectivity index (χ4v) is 2.11. The second-order valence-electron chi connectivity index (χ2n) is 4.17. The standard InChI is InChI=1S/C13H14N4O2/c1-2-16-11-5-4-9(15)8-10(11)12(18)17(13(16)19)7-3-6-14/h4-5,8H,2-3,7,15H2,1H3.